The monoisotopic (exact) mass is 567 g/mol. The first-order valence-corrected chi connectivity index (χ1v) is 14.9. The predicted molar refractivity (Wildman–Crippen MR) is 139 cm³/mol. The molecule has 2 saturated heterocycles. The number of hydrogen-bond donors (Lipinski definition) is 1. The minimum Gasteiger partial charge on any atom is -0.382 e. The standard InChI is InChI=1S/C25H28F3N5O3S2/c26-25(27,28)14-19-11-21-22(29-16-30-23(21)37-19)32-6-5-24(15-32)12-18(13-24)31-17-1-3-20(4-2-17)38(34,35)33-7-9-36-10-8-33/h1-4,11,16,18,31H,5-10,12-15H2. The number of halogens is 3. The van der Waals surface area contributed by atoms with E-state index in [2.05, 4.69) is 20.2 Å². The van der Waals surface area contributed by atoms with Crippen LogP contribution in [0.2, 0.25) is 0 Å². The van der Waals surface area contributed by atoms with Crippen molar-refractivity contribution in [1.82, 2.24) is 14.3 Å². The highest BCUT2D eigenvalue weighted by Crippen LogP contribution is 2.50. The largest absolute Gasteiger partial charge is 0.393 e. The fraction of sp³-hybridized carbons (Fsp3) is 0.520. The lowest BCUT2D eigenvalue weighted by Crippen LogP contribution is -2.46. The van der Waals surface area contributed by atoms with Gasteiger partial charge in [-0.3, -0.25) is 0 Å². The van der Waals surface area contributed by atoms with Crippen LogP contribution in [0.25, 0.3) is 10.2 Å². The number of morpholine rings is 1. The van der Waals surface area contributed by atoms with Crippen LogP contribution in [0.4, 0.5) is 24.7 Å². The van der Waals surface area contributed by atoms with Crippen LogP contribution in [0.3, 0.4) is 0 Å². The van der Waals surface area contributed by atoms with Gasteiger partial charge < -0.3 is 15.0 Å². The molecule has 38 heavy (non-hydrogen) atoms. The molecule has 13 heteroatoms. The summed E-state index contributed by atoms with van der Waals surface area (Å²) in [4.78, 5) is 11.9. The number of anilines is 2. The fourth-order valence-electron chi connectivity index (χ4n) is 5.86. The first-order valence-electron chi connectivity index (χ1n) is 12.6. The van der Waals surface area contributed by atoms with Gasteiger partial charge in [0.25, 0.3) is 0 Å². The van der Waals surface area contributed by atoms with E-state index >= 15 is 0 Å². The lowest BCUT2D eigenvalue weighted by molar-refractivity contribution is -0.126. The molecule has 1 saturated carbocycles. The summed E-state index contributed by atoms with van der Waals surface area (Å²) in [7, 11) is -3.52. The van der Waals surface area contributed by atoms with Gasteiger partial charge in [0.15, 0.2) is 0 Å². The molecular weight excluding hydrogens is 539 g/mol. The van der Waals surface area contributed by atoms with E-state index in [1.54, 1.807) is 18.2 Å². The summed E-state index contributed by atoms with van der Waals surface area (Å²) in [6.45, 7) is 3.16. The quantitative estimate of drug-likeness (QED) is 0.476. The lowest BCUT2D eigenvalue weighted by Gasteiger charge is -2.46. The molecule has 4 heterocycles. The number of nitrogens with one attached hydrogen (secondary N) is 1. The second kappa shape index (κ2) is 9.61. The van der Waals surface area contributed by atoms with Crippen molar-refractivity contribution in [2.24, 2.45) is 5.41 Å². The highest BCUT2D eigenvalue weighted by Gasteiger charge is 2.49. The zero-order valence-corrected chi connectivity index (χ0v) is 22.2. The zero-order chi connectivity index (χ0) is 26.5. The summed E-state index contributed by atoms with van der Waals surface area (Å²) in [5, 5.41) is 4.21. The van der Waals surface area contributed by atoms with Gasteiger partial charge in [0.2, 0.25) is 10.0 Å². The van der Waals surface area contributed by atoms with Crippen LogP contribution < -0.4 is 10.2 Å². The Morgan fingerprint density at radius 3 is 2.55 bits per heavy atom. The Kier molecular flexibility index (Phi) is 6.52. The molecule has 3 fully saturated rings. The third kappa shape index (κ3) is 5.08. The number of aromatic nitrogens is 2. The molecule has 0 unspecified atom stereocenters. The fourth-order valence-corrected chi connectivity index (χ4v) is 8.29. The summed E-state index contributed by atoms with van der Waals surface area (Å²) >= 11 is 1.08. The molecule has 3 aliphatic rings. The van der Waals surface area contributed by atoms with Crippen LogP contribution >= 0.6 is 11.3 Å². The minimum absolute atomic E-state index is 0.138. The molecule has 1 aliphatic carbocycles. The number of sulfonamides is 1. The number of hydrogen-bond acceptors (Lipinski definition) is 8. The van der Waals surface area contributed by atoms with Crippen LogP contribution in [0.5, 0.6) is 0 Å². The average Bonchev–Trinajstić information content (AvgIpc) is 3.48. The van der Waals surface area contributed by atoms with Gasteiger partial charge in [0.1, 0.15) is 17.0 Å². The maximum absolute atomic E-state index is 12.9. The Labute approximate surface area is 222 Å². The summed E-state index contributed by atoms with van der Waals surface area (Å²) in [5.74, 6) is 0.713. The van der Waals surface area contributed by atoms with Gasteiger partial charge in [-0.2, -0.15) is 17.5 Å². The first kappa shape index (κ1) is 25.8. The van der Waals surface area contributed by atoms with Gasteiger partial charge in [-0.25, -0.2) is 18.4 Å². The summed E-state index contributed by atoms with van der Waals surface area (Å²) in [6.07, 6.45) is -0.844. The molecule has 2 aliphatic heterocycles. The topological polar surface area (TPSA) is 87.7 Å². The molecule has 3 aromatic rings. The smallest absolute Gasteiger partial charge is 0.382 e. The Morgan fingerprint density at radius 1 is 1.11 bits per heavy atom. The Bertz CT molecular complexity index is 1420. The highest BCUT2D eigenvalue weighted by molar-refractivity contribution is 7.89. The van der Waals surface area contributed by atoms with E-state index in [1.165, 1.54) is 10.6 Å². The molecule has 0 bridgehead atoms. The number of fused-ring (bicyclic) bond motifs is 1. The van der Waals surface area contributed by atoms with Gasteiger partial charge >= 0.3 is 6.18 Å². The van der Waals surface area contributed by atoms with Crippen molar-refractivity contribution in [3.05, 3.63) is 41.5 Å². The van der Waals surface area contributed by atoms with E-state index in [-0.39, 0.29) is 21.2 Å². The summed E-state index contributed by atoms with van der Waals surface area (Å²) < 4.78 is 71.1. The van der Waals surface area contributed by atoms with Crippen molar-refractivity contribution in [2.45, 2.75) is 42.8 Å². The van der Waals surface area contributed by atoms with Crippen molar-refractivity contribution >= 4 is 43.1 Å². The van der Waals surface area contributed by atoms with Crippen LogP contribution in [0.15, 0.2) is 41.6 Å². The van der Waals surface area contributed by atoms with E-state index in [0.29, 0.717) is 42.3 Å². The Morgan fingerprint density at radius 2 is 1.84 bits per heavy atom. The number of benzene rings is 1. The predicted octanol–water partition coefficient (Wildman–Crippen LogP) is 4.29. The van der Waals surface area contributed by atoms with Gasteiger partial charge in [0, 0.05) is 42.8 Å². The maximum atomic E-state index is 12.9. The van der Waals surface area contributed by atoms with Crippen LogP contribution in [-0.2, 0) is 21.2 Å². The van der Waals surface area contributed by atoms with E-state index < -0.39 is 22.6 Å². The Hall–Kier alpha value is -2.48. The van der Waals surface area contributed by atoms with Gasteiger partial charge in [0.05, 0.1) is 29.9 Å². The van der Waals surface area contributed by atoms with E-state index in [0.717, 1.165) is 49.4 Å². The minimum atomic E-state index is -4.25. The SMILES string of the molecule is O=S(=O)(c1ccc(NC2CC3(CCN(c4ncnc5sc(CC(F)(F)F)cc45)C3)C2)cc1)N1CCOCC1. The molecule has 204 valence electrons. The van der Waals surface area contributed by atoms with Crippen LogP contribution in [0.1, 0.15) is 24.1 Å². The molecule has 2 aromatic heterocycles. The number of nitrogens with zero attached hydrogens (tertiary/aromatic N) is 4. The Balaban J connectivity index is 1.07. The summed E-state index contributed by atoms with van der Waals surface area (Å²) in [5.41, 5.74) is 1.02. The molecule has 1 aromatic carbocycles. The van der Waals surface area contributed by atoms with Gasteiger partial charge in [-0.15, -0.1) is 11.3 Å². The average molecular weight is 568 g/mol. The molecule has 1 N–H and O–H groups in total. The molecular formula is C25H28F3N5O3S2. The lowest BCUT2D eigenvalue weighted by atomic mass is 9.65. The van der Waals surface area contributed by atoms with Crippen molar-refractivity contribution in [2.75, 3.05) is 49.6 Å². The summed E-state index contributed by atoms with van der Waals surface area (Å²) in [6, 6.07) is 8.78. The molecule has 8 nitrogen and oxygen atoms in total. The number of alkyl halides is 3. The van der Waals surface area contributed by atoms with Gasteiger partial charge in [-0.05, 0) is 55.0 Å². The molecule has 0 radical (unpaired) electrons. The third-order valence-electron chi connectivity index (χ3n) is 7.66. The first-order chi connectivity index (χ1) is 18.1. The second-order valence-corrected chi connectivity index (χ2v) is 13.4. The molecule has 1 spiro atoms. The highest BCUT2D eigenvalue weighted by atomic mass is 32.2. The van der Waals surface area contributed by atoms with E-state index in [1.807, 2.05) is 12.1 Å². The maximum Gasteiger partial charge on any atom is 0.393 e. The third-order valence-corrected chi connectivity index (χ3v) is 10.6. The molecule has 6 rings (SSSR count). The molecule has 0 amide bonds. The molecule has 0 atom stereocenters. The van der Waals surface area contributed by atoms with Crippen molar-refractivity contribution in [3.63, 3.8) is 0 Å². The van der Waals surface area contributed by atoms with Crippen molar-refractivity contribution < 1.29 is 26.3 Å². The zero-order valence-electron chi connectivity index (χ0n) is 20.6. The van der Waals surface area contributed by atoms with Crippen molar-refractivity contribution in [1.29, 1.82) is 0 Å². The van der Waals surface area contributed by atoms with E-state index in [9.17, 15) is 21.6 Å². The van der Waals surface area contributed by atoms with E-state index in [4.69, 9.17) is 4.74 Å². The van der Waals surface area contributed by atoms with Gasteiger partial charge in [-0.1, -0.05) is 0 Å². The number of thiophene rings is 1. The number of ether oxygens (including phenoxy) is 1. The number of rotatable bonds is 6. The second-order valence-electron chi connectivity index (χ2n) is 10.4. The van der Waals surface area contributed by atoms with Crippen LogP contribution in [-0.4, -0.2) is 74.3 Å². The normalized spacial score (nSPS) is 24.7. The van der Waals surface area contributed by atoms with Crippen molar-refractivity contribution in [3.8, 4) is 0 Å². The van der Waals surface area contributed by atoms with Crippen LogP contribution in [0, 0.1) is 5.41 Å².